The highest BCUT2D eigenvalue weighted by molar-refractivity contribution is 9.10. The number of nitrogens with zero attached hydrogens (tertiary/aromatic N) is 2. The van der Waals surface area contributed by atoms with Gasteiger partial charge in [0.15, 0.2) is 5.13 Å². The van der Waals surface area contributed by atoms with Gasteiger partial charge in [-0.05, 0) is 36.4 Å². The first kappa shape index (κ1) is 16.4. The molecular formula is C18H16BrN3O2S. The minimum atomic E-state index is -0.0134. The van der Waals surface area contributed by atoms with Crippen LogP contribution in [-0.2, 0) is 4.79 Å². The molecule has 4 rings (SSSR count). The summed E-state index contributed by atoms with van der Waals surface area (Å²) in [6, 6.07) is 13.5. The van der Waals surface area contributed by atoms with Gasteiger partial charge in [-0.15, -0.1) is 0 Å². The van der Waals surface area contributed by atoms with Crippen molar-refractivity contribution in [3.8, 4) is 5.75 Å². The lowest BCUT2D eigenvalue weighted by Crippen LogP contribution is -2.52. The number of fused-ring (bicyclic) bond motifs is 1. The van der Waals surface area contributed by atoms with Crippen LogP contribution in [0.15, 0.2) is 46.9 Å². The molecule has 1 aromatic heterocycles. The molecule has 0 radical (unpaired) electrons. The lowest BCUT2D eigenvalue weighted by atomic mass is 10.00. The lowest BCUT2D eigenvalue weighted by Gasteiger charge is -2.37. The van der Waals surface area contributed by atoms with Gasteiger partial charge >= 0.3 is 0 Å². The fourth-order valence-corrected chi connectivity index (χ4v) is 4.18. The normalized spacial score (nSPS) is 14.4. The Hall–Kier alpha value is -2.12. The number of halogens is 1. The third kappa shape index (κ3) is 3.34. The van der Waals surface area contributed by atoms with E-state index >= 15 is 0 Å². The van der Waals surface area contributed by atoms with Gasteiger partial charge in [0.1, 0.15) is 5.75 Å². The van der Waals surface area contributed by atoms with Gasteiger partial charge in [-0.25, -0.2) is 4.98 Å². The zero-order valence-electron chi connectivity index (χ0n) is 13.5. The molecule has 0 bridgehead atoms. The summed E-state index contributed by atoms with van der Waals surface area (Å²) in [6.45, 7) is 1.38. The van der Waals surface area contributed by atoms with E-state index in [-0.39, 0.29) is 11.8 Å². The number of thiazole rings is 1. The van der Waals surface area contributed by atoms with Crippen LogP contribution in [0.1, 0.15) is 0 Å². The van der Waals surface area contributed by atoms with Gasteiger partial charge in [0.2, 0.25) is 5.91 Å². The van der Waals surface area contributed by atoms with Crippen LogP contribution in [-0.4, -0.2) is 31.1 Å². The third-order valence-corrected chi connectivity index (χ3v) is 5.77. The first-order chi connectivity index (χ1) is 12.1. The second-order valence-electron chi connectivity index (χ2n) is 5.93. The van der Waals surface area contributed by atoms with Crippen LogP contribution >= 0.6 is 27.3 Å². The van der Waals surface area contributed by atoms with Gasteiger partial charge in [0, 0.05) is 23.2 Å². The van der Waals surface area contributed by atoms with Crippen molar-refractivity contribution in [2.24, 2.45) is 5.92 Å². The molecule has 1 saturated heterocycles. The number of hydrogen-bond acceptors (Lipinski definition) is 5. The zero-order valence-corrected chi connectivity index (χ0v) is 15.9. The average Bonchev–Trinajstić information content (AvgIpc) is 2.95. The molecule has 1 N–H and O–H groups in total. The number of amides is 1. The van der Waals surface area contributed by atoms with E-state index in [4.69, 9.17) is 4.74 Å². The van der Waals surface area contributed by atoms with Gasteiger partial charge in [-0.2, -0.15) is 0 Å². The molecule has 0 aliphatic carbocycles. The van der Waals surface area contributed by atoms with E-state index in [1.807, 2.05) is 42.5 Å². The van der Waals surface area contributed by atoms with Crippen molar-refractivity contribution in [1.82, 2.24) is 4.98 Å². The maximum absolute atomic E-state index is 12.4. The molecule has 0 saturated carbocycles. The monoisotopic (exact) mass is 417 g/mol. The molecule has 0 atom stereocenters. The fourth-order valence-electron chi connectivity index (χ4n) is 2.77. The number of benzene rings is 2. The summed E-state index contributed by atoms with van der Waals surface area (Å²) in [5.74, 6) is 0.871. The smallest absolute Gasteiger partial charge is 0.231 e. The molecule has 1 aliphatic rings. The average molecular weight is 418 g/mol. The Labute approximate surface area is 157 Å². The van der Waals surface area contributed by atoms with Crippen LogP contribution in [0.2, 0.25) is 0 Å². The van der Waals surface area contributed by atoms with Crippen molar-refractivity contribution in [3.63, 3.8) is 0 Å². The van der Waals surface area contributed by atoms with Gasteiger partial charge in [-0.1, -0.05) is 33.3 Å². The van der Waals surface area contributed by atoms with Crippen molar-refractivity contribution in [1.29, 1.82) is 0 Å². The molecule has 1 aliphatic heterocycles. The van der Waals surface area contributed by atoms with Crippen molar-refractivity contribution in [2.75, 3.05) is 30.4 Å². The molecule has 1 amide bonds. The van der Waals surface area contributed by atoms with E-state index in [9.17, 15) is 4.79 Å². The summed E-state index contributed by atoms with van der Waals surface area (Å²) in [6.07, 6.45) is 0. The molecule has 7 heteroatoms. The number of anilines is 2. The van der Waals surface area contributed by atoms with Gasteiger partial charge in [0.25, 0.3) is 0 Å². The molecule has 128 valence electrons. The summed E-state index contributed by atoms with van der Waals surface area (Å²) in [5.41, 5.74) is 1.77. The summed E-state index contributed by atoms with van der Waals surface area (Å²) >= 11 is 5.04. The number of carbonyl (C=O) groups is 1. The summed E-state index contributed by atoms with van der Waals surface area (Å²) < 4.78 is 7.30. The van der Waals surface area contributed by atoms with Crippen molar-refractivity contribution < 1.29 is 9.53 Å². The SMILES string of the molecule is COc1ccc2nc(N3CC(C(=O)Nc4cccc(Br)c4)C3)sc2c1. The standard InChI is InChI=1S/C18H16BrN3O2S/c1-24-14-5-6-15-16(8-14)25-18(21-15)22-9-11(10-22)17(23)20-13-4-2-3-12(19)7-13/h2-8,11H,9-10H2,1H3,(H,20,23). The number of ether oxygens (including phenoxy) is 1. The number of aromatic nitrogens is 1. The number of methoxy groups -OCH3 is 1. The topological polar surface area (TPSA) is 54.5 Å². The molecule has 0 unspecified atom stereocenters. The Balaban J connectivity index is 1.40. The van der Waals surface area contributed by atoms with Crippen molar-refractivity contribution in [2.45, 2.75) is 0 Å². The Morgan fingerprint density at radius 1 is 1.32 bits per heavy atom. The lowest BCUT2D eigenvalue weighted by molar-refractivity contribution is -0.120. The van der Waals surface area contributed by atoms with Crippen LogP contribution in [0.4, 0.5) is 10.8 Å². The molecule has 1 fully saturated rings. The minimum absolute atomic E-state index is 0.0134. The summed E-state index contributed by atoms with van der Waals surface area (Å²) in [4.78, 5) is 19.1. The molecule has 3 aromatic rings. The van der Waals surface area contributed by atoms with Crippen LogP contribution in [0, 0.1) is 5.92 Å². The maximum atomic E-state index is 12.4. The predicted molar refractivity (Wildman–Crippen MR) is 105 cm³/mol. The van der Waals surface area contributed by atoms with E-state index in [1.165, 1.54) is 0 Å². The molecule has 5 nitrogen and oxygen atoms in total. The van der Waals surface area contributed by atoms with Gasteiger partial charge < -0.3 is 15.0 Å². The summed E-state index contributed by atoms with van der Waals surface area (Å²) in [7, 11) is 1.66. The third-order valence-electron chi connectivity index (χ3n) is 4.20. The first-order valence-corrected chi connectivity index (χ1v) is 9.49. The predicted octanol–water partition coefficient (Wildman–Crippen LogP) is 4.14. The van der Waals surface area contributed by atoms with E-state index in [1.54, 1.807) is 18.4 Å². The van der Waals surface area contributed by atoms with Gasteiger partial charge in [0.05, 0.1) is 23.2 Å². The van der Waals surface area contributed by atoms with E-state index < -0.39 is 0 Å². The number of rotatable bonds is 4. The summed E-state index contributed by atoms with van der Waals surface area (Å²) in [5, 5.41) is 3.92. The fraction of sp³-hybridized carbons (Fsp3) is 0.222. The number of nitrogens with one attached hydrogen (secondary N) is 1. The minimum Gasteiger partial charge on any atom is -0.497 e. The quantitative estimate of drug-likeness (QED) is 0.692. The first-order valence-electron chi connectivity index (χ1n) is 7.88. The number of hydrogen-bond donors (Lipinski definition) is 1. The van der Waals surface area contributed by atoms with Crippen LogP contribution < -0.4 is 15.0 Å². The highest BCUT2D eigenvalue weighted by Gasteiger charge is 2.34. The molecular weight excluding hydrogens is 402 g/mol. The second kappa shape index (κ2) is 6.65. The second-order valence-corrected chi connectivity index (χ2v) is 7.86. The Bertz CT molecular complexity index is 937. The van der Waals surface area contributed by atoms with Crippen LogP contribution in [0.5, 0.6) is 5.75 Å². The van der Waals surface area contributed by atoms with E-state index in [2.05, 4.69) is 31.1 Å². The largest absolute Gasteiger partial charge is 0.497 e. The Morgan fingerprint density at radius 2 is 2.16 bits per heavy atom. The molecule has 2 heterocycles. The zero-order chi connectivity index (χ0) is 17.4. The Morgan fingerprint density at radius 3 is 2.92 bits per heavy atom. The van der Waals surface area contributed by atoms with Crippen molar-refractivity contribution >= 4 is 54.2 Å². The molecule has 0 spiro atoms. The van der Waals surface area contributed by atoms with E-state index in [0.717, 1.165) is 31.3 Å². The Kier molecular flexibility index (Phi) is 4.35. The highest BCUT2D eigenvalue weighted by Crippen LogP contribution is 2.34. The van der Waals surface area contributed by atoms with Gasteiger partial charge in [-0.3, -0.25) is 4.79 Å². The molecule has 2 aromatic carbocycles. The molecule has 25 heavy (non-hydrogen) atoms. The highest BCUT2D eigenvalue weighted by atomic mass is 79.9. The maximum Gasteiger partial charge on any atom is 0.231 e. The van der Waals surface area contributed by atoms with Crippen molar-refractivity contribution in [3.05, 3.63) is 46.9 Å². The van der Waals surface area contributed by atoms with E-state index in [0.29, 0.717) is 13.1 Å². The van der Waals surface area contributed by atoms with Crippen LogP contribution in [0.25, 0.3) is 10.2 Å². The van der Waals surface area contributed by atoms with Crippen LogP contribution in [0.3, 0.4) is 0 Å². The number of carbonyl (C=O) groups excluding carboxylic acids is 1.